The molecule has 0 amide bonds. The zero-order valence-electron chi connectivity index (χ0n) is 10.7. The maximum Gasteiger partial charge on any atom is 0.434 e. The standard InChI is InChI=1S/C11H11F5O5/c1-3-6(17)20-5-8(2)4-9(12,13)10(21-8,7(18)19)11(14,15)16/h3H,1,4-5H2,2H3,(H,18,19). The Bertz CT molecular complexity index is 474. The highest BCUT2D eigenvalue weighted by Gasteiger charge is 2.82. The summed E-state index contributed by atoms with van der Waals surface area (Å²) in [5.41, 5.74) is -6.99. The summed E-state index contributed by atoms with van der Waals surface area (Å²) in [6.45, 7) is 2.84. The number of esters is 1. The molecule has 120 valence electrons. The molecule has 1 saturated heterocycles. The Kier molecular flexibility index (Phi) is 4.07. The lowest BCUT2D eigenvalue weighted by Crippen LogP contribution is -2.62. The van der Waals surface area contributed by atoms with E-state index in [4.69, 9.17) is 5.11 Å². The fraction of sp³-hybridized carbons (Fsp3) is 0.636. The molecule has 1 heterocycles. The van der Waals surface area contributed by atoms with Crippen molar-refractivity contribution in [3.05, 3.63) is 12.7 Å². The highest BCUT2D eigenvalue weighted by molar-refractivity contribution is 5.82. The molecule has 0 saturated carbocycles. The molecule has 0 aromatic heterocycles. The molecule has 0 aromatic rings. The topological polar surface area (TPSA) is 72.8 Å². The van der Waals surface area contributed by atoms with Gasteiger partial charge in [-0.2, -0.15) is 13.2 Å². The lowest BCUT2D eigenvalue weighted by atomic mass is 9.92. The van der Waals surface area contributed by atoms with Gasteiger partial charge < -0.3 is 14.6 Å². The Balaban J connectivity index is 3.17. The second-order valence-electron chi connectivity index (χ2n) is 4.73. The van der Waals surface area contributed by atoms with Crippen LogP contribution in [0.4, 0.5) is 22.0 Å². The highest BCUT2D eigenvalue weighted by atomic mass is 19.4. The average Bonchev–Trinajstić information content (AvgIpc) is 2.53. The monoisotopic (exact) mass is 318 g/mol. The number of carboxylic acids is 1. The molecule has 10 heteroatoms. The first-order valence-corrected chi connectivity index (χ1v) is 5.49. The van der Waals surface area contributed by atoms with E-state index in [1.807, 2.05) is 0 Å². The first-order chi connectivity index (χ1) is 9.31. The molecule has 1 fully saturated rings. The number of hydrogen-bond acceptors (Lipinski definition) is 4. The average molecular weight is 318 g/mol. The Hall–Kier alpha value is -1.71. The third-order valence-corrected chi connectivity index (χ3v) is 2.90. The molecule has 5 nitrogen and oxygen atoms in total. The summed E-state index contributed by atoms with van der Waals surface area (Å²) >= 11 is 0. The minimum atomic E-state index is -5.86. The van der Waals surface area contributed by atoms with Crippen molar-refractivity contribution in [2.24, 2.45) is 0 Å². The van der Waals surface area contributed by atoms with Crippen molar-refractivity contribution in [2.45, 2.75) is 36.6 Å². The van der Waals surface area contributed by atoms with Gasteiger partial charge in [0.05, 0.1) is 0 Å². The van der Waals surface area contributed by atoms with Gasteiger partial charge in [-0.25, -0.2) is 18.4 Å². The van der Waals surface area contributed by atoms with E-state index in [2.05, 4.69) is 16.1 Å². The number of carbonyl (C=O) groups is 2. The Labute approximate surface area is 115 Å². The van der Waals surface area contributed by atoms with Crippen LogP contribution in [0.2, 0.25) is 0 Å². The third kappa shape index (κ3) is 2.71. The number of halogens is 5. The fourth-order valence-electron chi connectivity index (χ4n) is 2.02. The molecule has 0 radical (unpaired) electrons. The molecular formula is C11H11F5O5. The lowest BCUT2D eigenvalue weighted by molar-refractivity contribution is -0.319. The van der Waals surface area contributed by atoms with Crippen molar-refractivity contribution in [3.63, 3.8) is 0 Å². The number of carboxylic acid groups (broad SMARTS) is 1. The fourth-order valence-corrected chi connectivity index (χ4v) is 2.02. The van der Waals surface area contributed by atoms with Gasteiger partial charge in [0, 0.05) is 12.5 Å². The molecule has 2 unspecified atom stereocenters. The first-order valence-electron chi connectivity index (χ1n) is 5.49. The van der Waals surface area contributed by atoms with Crippen LogP contribution in [-0.4, -0.2) is 47.0 Å². The zero-order valence-corrected chi connectivity index (χ0v) is 10.7. The maximum absolute atomic E-state index is 13.7. The largest absolute Gasteiger partial charge is 0.479 e. The van der Waals surface area contributed by atoms with Crippen LogP contribution in [0.1, 0.15) is 13.3 Å². The van der Waals surface area contributed by atoms with Crippen LogP contribution < -0.4 is 0 Å². The van der Waals surface area contributed by atoms with E-state index in [1.54, 1.807) is 0 Å². The number of carbonyl (C=O) groups excluding carboxylic acids is 1. The van der Waals surface area contributed by atoms with Gasteiger partial charge in [0.1, 0.15) is 12.2 Å². The molecule has 2 atom stereocenters. The van der Waals surface area contributed by atoms with Crippen LogP contribution >= 0.6 is 0 Å². The Morgan fingerprint density at radius 2 is 1.95 bits per heavy atom. The normalized spacial score (nSPS) is 31.7. The van der Waals surface area contributed by atoms with Crippen LogP contribution in [0.3, 0.4) is 0 Å². The van der Waals surface area contributed by atoms with Crippen LogP contribution in [0, 0.1) is 0 Å². The molecule has 1 aliphatic heterocycles. The van der Waals surface area contributed by atoms with Gasteiger partial charge in [0.25, 0.3) is 5.92 Å². The SMILES string of the molecule is C=CC(=O)OCC1(C)CC(F)(F)C(C(=O)O)(C(F)(F)F)O1. The summed E-state index contributed by atoms with van der Waals surface area (Å²) < 4.78 is 74.6. The van der Waals surface area contributed by atoms with E-state index in [-0.39, 0.29) is 0 Å². The molecule has 21 heavy (non-hydrogen) atoms. The summed E-state index contributed by atoms with van der Waals surface area (Å²) in [5, 5.41) is 8.64. The number of hydrogen-bond donors (Lipinski definition) is 1. The number of ether oxygens (including phenoxy) is 2. The van der Waals surface area contributed by atoms with Gasteiger partial charge in [-0.05, 0) is 6.92 Å². The second kappa shape index (κ2) is 4.93. The van der Waals surface area contributed by atoms with Crippen molar-refractivity contribution in [2.75, 3.05) is 6.61 Å². The summed E-state index contributed by atoms with van der Waals surface area (Å²) in [6.07, 6.45) is -6.76. The maximum atomic E-state index is 13.7. The molecule has 1 aliphatic rings. The molecule has 1 N–H and O–H groups in total. The predicted octanol–water partition coefficient (Wildman–Crippen LogP) is 1.92. The van der Waals surface area contributed by atoms with Gasteiger partial charge in [0.15, 0.2) is 0 Å². The lowest BCUT2D eigenvalue weighted by Gasteiger charge is -2.32. The molecule has 0 aliphatic carbocycles. The molecule has 1 rings (SSSR count). The number of alkyl halides is 5. The molecule has 0 spiro atoms. The smallest absolute Gasteiger partial charge is 0.434 e. The van der Waals surface area contributed by atoms with E-state index >= 15 is 0 Å². The van der Waals surface area contributed by atoms with E-state index in [0.29, 0.717) is 6.08 Å². The van der Waals surface area contributed by atoms with E-state index < -0.39 is 48.3 Å². The first kappa shape index (κ1) is 17.3. The van der Waals surface area contributed by atoms with Gasteiger partial charge >= 0.3 is 23.7 Å². The molecule has 0 bridgehead atoms. The summed E-state index contributed by atoms with van der Waals surface area (Å²) in [4.78, 5) is 21.7. The summed E-state index contributed by atoms with van der Waals surface area (Å²) in [7, 11) is 0. The summed E-state index contributed by atoms with van der Waals surface area (Å²) in [5.74, 6) is -8.66. The highest BCUT2D eigenvalue weighted by Crippen LogP contribution is 2.56. The van der Waals surface area contributed by atoms with Crippen molar-refractivity contribution in [1.82, 2.24) is 0 Å². The van der Waals surface area contributed by atoms with E-state index in [0.717, 1.165) is 6.92 Å². The quantitative estimate of drug-likeness (QED) is 0.487. The van der Waals surface area contributed by atoms with Crippen LogP contribution in [0.15, 0.2) is 12.7 Å². The molecule has 0 aromatic carbocycles. The van der Waals surface area contributed by atoms with E-state index in [9.17, 15) is 31.5 Å². The van der Waals surface area contributed by atoms with Crippen molar-refractivity contribution in [1.29, 1.82) is 0 Å². The van der Waals surface area contributed by atoms with Crippen molar-refractivity contribution >= 4 is 11.9 Å². The molecular weight excluding hydrogens is 307 g/mol. The van der Waals surface area contributed by atoms with Crippen LogP contribution in [0.5, 0.6) is 0 Å². The van der Waals surface area contributed by atoms with Crippen LogP contribution in [-0.2, 0) is 19.1 Å². The van der Waals surface area contributed by atoms with Gasteiger partial charge in [-0.1, -0.05) is 6.58 Å². The van der Waals surface area contributed by atoms with Gasteiger partial charge in [-0.15, -0.1) is 0 Å². The Morgan fingerprint density at radius 1 is 1.43 bits per heavy atom. The van der Waals surface area contributed by atoms with Crippen molar-refractivity contribution in [3.8, 4) is 0 Å². The number of aliphatic carboxylic acids is 1. The summed E-state index contributed by atoms with van der Waals surface area (Å²) in [6, 6.07) is 0. The third-order valence-electron chi connectivity index (χ3n) is 2.90. The Morgan fingerprint density at radius 3 is 2.29 bits per heavy atom. The second-order valence-corrected chi connectivity index (χ2v) is 4.73. The van der Waals surface area contributed by atoms with Crippen molar-refractivity contribution < 1.29 is 46.1 Å². The van der Waals surface area contributed by atoms with Crippen LogP contribution in [0.25, 0.3) is 0 Å². The predicted molar refractivity (Wildman–Crippen MR) is 56.6 cm³/mol. The minimum Gasteiger partial charge on any atom is -0.479 e. The van der Waals surface area contributed by atoms with E-state index in [1.165, 1.54) is 0 Å². The minimum absolute atomic E-state index is 0.671. The van der Waals surface area contributed by atoms with Gasteiger partial charge in [-0.3, -0.25) is 0 Å². The zero-order chi connectivity index (χ0) is 16.7. The number of rotatable bonds is 4. The van der Waals surface area contributed by atoms with Gasteiger partial charge in [0.2, 0.25) is 0 Å².